The maximum Gasteiger partial charge on any atom is 0.270 e. The van der Waals surface area contributed by atoms with Crippen molar-refractivity contribution in [3.05, 3.63) is 29.3 Å². The lowest BCUT2D eigenvalue weighted by Gasteiger charge is -2.10. The number of pyridine rings is 1. The number of hydrogen-bond acceptors (Lipinski definition) is 4. The second kappa shape index (κ2) is 4.64. The van der Waals surface area contributed by atoms with E-state index in [9.17, 15) is 17.6 Å². The fourth-order valence-corrected chi connectivity index (χ4v) is 3.51. The van der Waals surface area contributed by atoms with Crippen molar-refractivity contribution in [1.82, 2.24) is 10.3 Å². The molecular weight excluding hydrogens is 259 g/mol. The largest absolute Gasteiger partial charge is 0.347 e. The van der Waals surface area contributed by atoms with Crippen LogP contribution in [0, 0.1) is 12.7 Å². The molecule has 0 radical (unpaired) electrons. The summed E-state index contributed by atoms with van der Waals surface area (Å²) in [5.74, 6) is -0.901. The van der Waals surface area contributed by atoms with Crippen molar-refractivity contribution >= 4 is 15.7 Å². The van der Waals surface area contributed by atoms with Crippen molar-refractivity contribution in [1.29, 1.82) is 0 Å². The van der Waals surface area contributed by atoms with Gasteiger partial charge < -0.3 is 5.32 Å². The minimum absolute atomic E-state index is 0.0427. The van der Waals surface area contributed by atoms with E-state index in [1.807, 2.05) is 0 Å². The maximum absolute atomic E-state index is 13.0. The van der Waals surface area contributed by atoms with Crippen LogP contribution in [0.25, 0.3) is 0 Å². The highest BCUT2D eigenvalue weighted by atomic mass is 32.2. The molecule has 1 N–H and O–H groups in total. The van der Waals surface area contributed by atoms with Gasteiger partial charge in [-0.15, -0.1) is 0 Å². The quantitative estimate of drug-likeness (QED) is 0.848. The first kappa shape index (κ1) is 12.9. The van der Waals surface area contributed by atoms with Crippen LogP contribution in [-0.2, 0) is 9.84 Å². The third-order valence-corrected chi connectivity index (χ3v) is 4.62. The van der Waals surface area contributed by atoms with Gasteiger partial charge >= 0.3 is 0 Å². The lowest BCUT2D eigenvalue weighted by molar-refractivity contribution is 0.0936. The minimum atomic E-state index is -3.03. The molecule has 1 aliphatic heterocycles. The molecule has 1 unspecified atom stereocenters. The lowest BCUT2D eigenvalue weighted by Crippen LogP contribution is -2.36. The van der Waals surface area contributed by atoms with Gasteiger partial charge in [-0.05, 0) is 25.0 Å². The number of carbonyl (C=O) groups is 1. The van der Waals surface area contributed by atoms with Crippen LogP contribution in [0.4, 0.5) is 4.39 Å². The monoisotopic (exact) mass is 272 g/mol. The second-order valence-electron chi connectivity index (χ2n) is 4.39. The normalized spacial score (nSPS) is 21.8. The number of aryl methyl sites for hydroxylation is 1. The molecule has 7 heteroatoms. The first-order valence-electron chi connectivity index (χ1n) is 5.51. The van der Waals surface area contributed by atoms with Gasteiger partial charge in [0, 0.05) is 6.04 Å². The Balaban J connectivity index is 2.06. The molecule has 1 aromatic rings. The van der Waals surface area contributed by atoms with E-state index in [4.69, 9.17) is 0 Å². The van der Waals surface area contributed by atoms with Crippen LogP contribution in [0.15, 0.2) is 12.3 Å². The summed E-state index contributed by atoms with van der Waals surface area (Å²) in [6, 6.07) is 0.961. The zero-order valence-corrected chi connectivity index (χ0v) is 10.6. The molecule has 98 valence electrons. The molecular formula is C11H13FN2O3S. The number of aromatic nitrogens is 1. The van der Waals surface area contributed by atoms with Crippen molar-refractivity contribution in [2.24, 2.45) is 0 Å². The smallest absolute Gasteiger partial charge is 0.270 e. The molecule has 0 aromatic carbocycles. The topological polar surface area (TPSA) is 76.1 Å². The third kappa shape index (κ3) is 2.84. The highest BCUT2D eigenvalue weighted by Crippen LogP contribution is 2.12. The Morgan fingerprint density at radius 3 is 2.83 bits per heavy atom. The predicted molar refractivity (Wildman–Crippen MR) is 63.5 cm³/mol. The van der Waals surface area contributed by atoms with E-state index >= 15 is 0 Å². The van der Waals surface area contributed by atoms with Crippen LogP contribution in [0.2, 0.25) is 0 Å². The molecule has 1 aromatic heterocycles. The van der Waals surface area contributed by atoms with Crippen LogP contribution in [0.1, 0.15) is 22.5 Å². The predicted octanol–water partition coefficient (Wildman–Crippen LogP) is 0.446. The fourth-order valence-electron chi connectivity index (χ4n) is 1.83. The summed E-state index contributed by atoms with van der Waals surface area (Å²) < 4.78 is 35.5. The summed E-state index contributed by atoms with van der Waals surface area (Å²) in [6.45, 7) is 1.54. The molecule has 2 heterocycles. The number of carbonyl (C=O) groups excluding carboxylic acids is 1. The van der Waals surface area contributed by atoms with Gasteiger partial charge in [-0.2, -0.15) is 0 Å². The maximum atomic E-state index is 13.0. The van der Waals surface area contributed by atoms with Crippen LogP contribution >= 0.6 is 0 Å². The van der Waals surface area contributed by atoms with Crippen LogP contribution in [0.3, 0.4) is 0 Å². The number of rotatable bonds is 2. The number of amides is 1. The summed E-state index contributed by atoms with van der Waals surface area (Å²) in [7, 11) is -3.03. The van der Waals surface area contributed by atoms with Gasteiger partial charge in [0.1, 0.15) is 11.5 Å². The zero-order chi connectivity index (χ0) is 13.3. The van der Waals surface area contributed by atoms with Crippen LogP contribution in [0.5, 0.6) is 0 Å². The van der Waals surface area contributed by atoms with E-state index in [0.717, 1.165) is 6.20 Å². The summed E-state index contributed by atoms with van der Waals surface area (Å²) in [6.07, 6.45) is 1.39. The van der Waals surface area contributed by atoms with Crippen LogP contribution in [-0.4, -0.2) is 36.9 Å². The van der Waals surface area contributed by atoms with Gasteiger partial charge in [0.2, 0.25) is 0 Å². The van der Waals surface area contributed by atoms with Gasteiger partial charge in [-0.25, -0.2) is 17.8 Å². The fraction of sp³-hybridized carbons (Fsp3) is 0.455. The Morgan fingerprint density at radius 2 is 2.28 bits per heavy atom. The second-order valence-corrected chi connectivity index (χ2v) is 6.62. The summed E-state index contributed by atoms with van der Waals surface area (Å²) >= 11 is 0. The minimum Gasteiger partial charge on any atom is -0.347 e. The average molecular weight is 272 g/mol. The van der Waals surface area contributed by atoms with Gasteiger partial charge in [-0.3, -0.25) is 4.79 Å². The molecule has 1 aliphatic rings. The van der Waals surface area contributed by atoms with E-state index < -0.39 is 21.6 Å². The molecule has 1 atom stereocenters. The van der Waals surface area contributed by atoms with E-state index in [-0.39, 0.29) is 23.2 Å². The van der Waals surface area contributed by atoms with E-state index in [1.165, 1.54) is 13.0 Å². The lowest BCUT2D eigenvalue weighted by atomic mass is 10.2. The van der Waals surface area contributed by atoms with E-state index in [1.54, 1.807) is 0 Å². The van der Waals surface area contributed by atoms with E-state index in [0.29, 0.717) is 12.0 Å². The zero-order valence-electron chi connectivity index (χ0n) is 9.81. The first-order chi connectivity index (χ1) is 8.37. The third-order valence-electron chi connectivity index (χ3n) is 2.85. The molecule has 0 saturated carbocycles. The molecule has 5 nitrogen and oxygen atoms in total. The Kier molecular flexibility index (Phi) is 3.34. The molecule has 0 bridgehead atoms. The molecule has 0 aliphatic carbocycles. The Morgan fingerprint density at radius 1 is 1.56 bits per heavy atom. The summed E-state index contributed by atoms with van der Waals surface area (Å²) in [5.41, 5.74) is 0.424. The highest BCUT2D eigenvalue weighted by Gasteiger charge is 2.29. The first-order valence-corrected chi connectivity index (χ1v) is 7.33. The summed E-state index contributed by atoms with van der Waals surface area (Å²) in [4.78, 5) is 15.5. The van der Waals surface area contributed by atoms with Crippen LogP contribution < -0.4 is 5.32 Å². The number of halogens is 1. The number of nitrogens with one attached hydrogen (secondary N) is 1. The van der Waals surface area contributed by atoms with Crippen molar-refractivity contribution in [3.63, 3.8) is 0 Å². The number of hydrogen-bond donors (Lipinski definition) is 1. The van der Waals surface area contributed by atoms with Crippen molar-refractivity contribution in [2.45, 2.75) is 19.4 Å². The van der Waals surface area contributed by atoms with Gasteiger partial charge in [0.15, 0.2) is 9.84 Å². The Hall–Kier alpha value is -1.50. The highest BCUT2D eigenvalue weighted by molar-refractivity contribution is 7.91. The Bertz CT molecular complexity index is 586. The van der Waals surface area contributed by atoms with Gasteiger partial charge in [0.05, 0.1) is 17.7 Å². The van der Waals surface area contributed by atoms with Gasteiger partial charge in [-0.1, -0.05) is 0 Å². The van der Waals surface area contributed by atoms with Crippen molar-refractivity contribution in [2.75, 3.05) is 11.5 Å². The molecule has 18 heavy (non-hydrogen) atoms. The SMILES string of the molecule is Cc1cc(C(=O)NC2CCS(=O)(=O)C2)ncc1F. The molecule has 2 rings (SSSR count). The van der Waals surface area contributed by atoms with Crippen molar-refractivity contribution < 1.29 is 17.6 Å². The standard InChI is InChI=1S/C11H13FN2O3S/c1-7-4-10(13-5-9(7)12)11(15)14-8-2-3-18(16,17)6-8/h4-5,8H,2-3,6H2,1H3,(H,14,15). The number of nitrogens with zero attached hydrogens (tertiary/aromatic N) is 1. The van der Waals surface area contributed by atoms with E-state index in [2.05, 4.69) is 10.3 Å². The molecule has 1 fully saturated rings. The van der Waals surface area contributed by atoms with Crippen molar-refractivity contribution in [3.8, 4) is 0 Å². The van der Waals surface area contributed by atoms with Gasteiger partial charge in [0.25, 0.3) is 5.91 Å². The number of sulfone groups is 1. The molecule has 1 saturated heterocycles. The Labute approximate surface area is 104 Å². The molecule has 1 amide bonds. The summed E-state index contributed by atoms with van der Waals surface area (Å²) in [5, 5.41) is 2.59. The molecule has 0 spiro atoms. The average Bonchev–Trinajstić information content (AvgIpc) is 2.62.